The van der Waals surface area contributed by atoms with Crippen LogP contribution >= 0.6 is 11.6 Å². The van der Waals surface area contributed by atoms with E-state index >= 15 is 0 Å². The zero-order chi connectivity index (χ0) is 15.1. The fourth-order valence-corrected chi connectivity index (χ4v) is 3.17. The predicted molar refractivity (Wildman–Crippen MR) is 79.5 cm³/mol. The number of aliphatic hydroxyl groups excluding tert-OH is 1. The molecule has 0 saturated carbocycles. The van der Waals surface area contributed by atoms with Gasteiger partial charge in [0.25, 0.3) is 5.91 Å². The minimum atomic E-state index is -1.16. The van der Waals surface area contributed by atoms with Gasteiger partial charge in [-0.1, -0.05) is 11.6 Å². The van der Waals surface area contributed by atoms with Crippen LogP contribution in [0.4, 0.5) is 11.4 Å². The number of amides is 2. The fraction of sp³-hybridized carbons (Fsp3) is 0.429. The van der Waals surface area contributed by atoms with Gasteiger partial charge in [-0.15, -0.1) is 0 Å². The molecule has 2 unspecified atom stereocenters. The molecule has 112 valence electrons. The van der Waals surface area contributed by atoms with Crippen LogP contribution in [0.25, 0.3) is 0 Å². The van der Waals surface area contributed by atoms with Gasteiger partial charge in [-0.2, -0.15) is 0 Å². The van der Waals surface area contributed by atoms with Crippen molar-refractivity contribution in [2.45, 2.75) is 25.5 Å². The molecule has 2 amide bonds. The Morgan fingerprint density at radius 3 is 3.00 bits per heavy atom. The van der Waals surface area contributed by atoms with E-state index < -0.39 is 12.0 Å². The van der Waals surface area contributed by atoms with Crippen molar-refractivity contribution < 1.29 is 14.7 Å². The Morgan fingerprint density at radius 1 is 1.52 bits per heavy atom. The number of anilines is 2. The molecular formula is C14H16ClN3O3. The molecule has 1 fully saturated rings. The van der Waals surface area contributed by atoms with E-state index in [-0.39, 0.29) is 11.9 Å². The van der Waals surface area contributed by atoms with Gasteiger partial charge in [0.15, 0.2) is 6.10 Å². The first-order valence-electron chi connectivity index (χ1n) is 6.80. The lowest BCUT2D eigenvalue weighted by Gasteiger charge is -2.21. The predicted octanol–water partition coefficient (Wildman–Crippen LogP) is 1.04. The smallest absolute Gasteiger partial charge is 0.257 e. The van der Waals surface area contributed by atoms with Gasteiger partial charge in [0, 0.05) is 37.3 Å². The molecule has 2 heterocycles. The number of fused-ring (bicyclic) bond motifs is 1. The number of nitrogens with one attached hydrogen (secondary N) is 2. The van der Waals surface area contributed by atoms with Crippen LogP contribution in [0.15, 0.2) is 12.1 Å². The number of hydrogen-bond acceptors (Lipinski definition) is 4. The van der Waals surface area contributed by atoms with Gasteiger partial charge in [-0.05, 0) is 18.6 Å². The average molecular weight is 310 g/mol. The molecule has 21 heavy (non-hydrogen) atoms. The molecular weight excluding hydrogens is 294 g/mol. The lowest BCUT2D eigenvalue weighted by molar-refractivity contribution is -0.123. The zero-order valence-corrected chi connectivity index (χ0v) is 12.3. The second kappa shape index (κ2) is 5.20. The van der Waals surface area contributed by atoms with E-state index in [9.17, 15) is 14.7 Å². The van der Waals surface area contributed by atoms with E-state index in [1.54, 1.807) is 12.1 Å². The molecule has 3 N–H and O–H groups in total. The summed E-state index contributed by atoms with van der Waals surface area (Å²) in [5.41, 5.74) is 1.90. The number of rotatable bonds is 2. The van der Waals surface area contributed by atoms with Crippen LogP contribution in [0.5, 0.6) is 0 Å². The van der Waals surface area contributed by atoms with Gasteiger partial charge in [-0.3, -0.25) is 9.59 Å². The summed E-state index contributed by atoms with van der Waals surface area (Å²) in [6.07, 6.45) is -0.306. The Morgan fingerprint density at radius 2 is 2.29 bits per heavy atom. The summed E-state index contributed by atoms with van der Waals surface area (Å²) in [5, 5.41) is 15.8. The quantitative estimate of drug-likeness (QED) is 0.762. The monoisotopic (exact) mass is 309 g/mol. The van der Waals surface area contributed by atoms with Crippen LogP contribution < -0.4 is 15.5 Å². The number of benzene rings is 1. The highest BCUT2D eigenvalue weighted by Crippen LogP contribution is 2.39. The van der Waals surface area contributed by atoms with Crippen LogP contribution in [0.2, 0.25) is 5.02 Å². The number of carbonyl (C=O) groups excluding carboxylic acids is 2. The maximum atomic E-state index is 11.5. The van der Waals surface area contributed by atoms with E-state index in [4.69, 9.17) is 11.6 Å². The van der Waals surface area contributed by atoms with Gasteiger partial charge in [-0.25, -0.2) is 0 Å². The summed E-state index contributed by atoms with van der Waals surface area (Å²) in [5.74, 6) is -0.479. The maximum Gasteiger partial charge on any atom is 0.257 e. The van der Waals surface area contributed by atoms with Crippen LogP contribution in [0, 0.1) is 0 Å². The molecule has 1 aromatic rings. The Labute approximate surface area is 127 Å². The van der Waals surface area contributed by atoms with Crippen molar-refractivity contribution in [1.29, 1.82) is 0 Å². The Kier molecular flexibility index (Phi) is 3.51. The van der Waals surface area contributed by atoms with Gasteiger partial charge in [0.1, 0.15) is 0 Å². The molecule has 2 atom stereocenters. The first-order chi connectivity index (χ1) is 9.95. The Bertz CT molecular complexity index is 620. The molecule has 6 nitrogen and oxygen atoms in total. The minimum Gasteiger partial charge on any atom is -0.378 e. The van der Waals surface area contributed by atoms with Crippen LogP contribution in [-0.2, 0) is 9.59 Å². The second-order valence-corrected chi connectivity index (χ2v) is 5.82. The standard InChI is InChI=1S/C14H16ClN3O3/c1-7(19)16-8-2-3-18(6-8)12-5-11-9(4-10(12)15)13(20)14(21)17-11/h4-5,8,13,20H,2-3,6H2,1H3,(H,16,19)(H,17,21). The molecule has 2 aliphatic heterocycles. The molecule has 2 aliphatic rings. The molecule has 1 saturated heterocycles. The Balaban J connectivity index is 1.83. The summed E-state index contributed by atoms with van der Waals surface area (Å²) in [4.78, 5) is 24.7. The van der Waals surface area contributed by atoms with E-state index in [1.165, 1.54) is 6.92 Å². The van der Waals surface area contributed by atoms with Crippen molar-refractivity contribution >= 4 is 34.8 Å². The van der Waals surface area contributed by atoms with Crippen molar-refractivity contribution in [2.24, 2.45) is 0 Å². The van der Waals surface area contributed by atoms with Crippen molar-refractivity contribution in [3.63, 3.8) is 0 Å². The normalized spacial score (nSPS) is 24.0. The van der Waals surface area contributed by atoms with E-state index in [2.05, 4.69) is 15.5 Å². The Hall–Kier alpha value is -1.79. The van der Waals surface area contributed by atoms with Crippen LogP contribution in [-0.4, -0.2) is 36.1 Å². The van der Waals surface area contributed by atoms with Crippen molar-refractivity contribution in [3.05, 3.63) is 22.7 Å². The van der Waals surface area contributed by atoms with E-state index in [1.807, 2.05) is 0 Å². The van der Waals surface area contributed by atoms with E-state index in [0.29, 0.717) is 22.8 Å². The topological polar surface area (TPSA) is 81.7 Å². The highest BCUT2D eigenvalue weighted by Gasteiger charge is 2.31. The minimum absolute atomic E-state index is 0.0442. The molecule has 3 rings (SSSR count). The number of hydrogen-bond donors (Lipinski definition) is 3. The number of halogens is 1. The van der Waals surface area contributed by atoms with Gasteiger partial charge in [0.05, 0.1) is 10.7 Å². The van der Waals surface area contributed by atoms with Crippen LogP contribution in [0.3, 0.4) is 0 Å². The number of nitrogens with zero attached hydrogens (tertiary/aromatic N) is 1. The molecule has 0 aliphatic carbocycles. The third kappa shape index (κ3) is 2.56. The summed E-state index contributed by atoms with van der Waals surface area (Å²) < 4.78 is 0. The molecule has 0 radical (unpaired) electrons. The van der Waals surface area contributed by atoms with Crippen molar-refractivity contribution in [2.75, 3.05) is 23.3 Å². The molecule has 0 spiro atoms. The van der Waals surface area contributed by atoms with Gasteiger partial charge in [0.2, 0.25) is 5.91 Å². The summed E-state index contributed by atoms with van der Waals surface area (Å²) >= 11 is 6.28. The van der Waals surface area contributed by atoms with E-state index in [0.717, 1.165) is 18.7 Å². The molecule has 0 aromatic heterocycles. The molecule has 1 aromatic carbocycles. The summed E-state index contributed by atoms with van der Waals surface area (Å²) in [6.45, 7) is 2.95. The number of aliphatic hydroxyl groups is 1. The zero-order valence-electron chi connectivity index (χ0n) is 11.5. The first kappa shape index (κ1) is 14.2. The van der Waals surface area contributed by atoms with Gasteiger partial charge >= 0.3 is 0 Å². The number of carbonyl (C=O) groups is 2. The lowest BCUT2D eigenvalue weighted by atomic mass is 10.1. The first-order valence-corrected chi connectivity index (χ1v) is 7.18. The largest absolute Gasteiger partial charge is 0.378 e. The lowest BCUT2D eigenvalue weighted by Crippen LogP contribution is -2.35. The van der Waals surface area contributed by atoms with Crippen molar-refractivity contribution in [1.82, 2.24) is 5.32 Å². The fourth-order valence-electron chi connectivity index (χ4n) is 2.88. The van der Waals surface area contributed by atoms with Gasteiger partial charge < -0.3 is 20.6 Å². The second-order valence-electron chi connectivity index (χ2n) is 5.41. The summed E-state index contributed by atoms with van der Waals surface area (Å²) in [6, 6.07) is 3.51. The van der Waals surface area contributed by atoms with Crippen LogP contribution in [0.1, 0.15) is 25.0 Å². The highest BCUT2D eigenvalue weighted by atomic mass is 35.5. The average Bonchev–Trinajstić information content (AvgIpc) is 2.96. The molecule has 7 heteroatoms. The SMILES string of the molecule is CC(=O)NC1CCN(c2cc3c(cc2Cl)C(O)C(=O)N3)C1. The maximum absolute atomic E-state index is 11.5. The van der Waals surface area contributed by atoms with Crippen molar-refractivity contribution in [3.8, 4) is 0 Å². The molecule has 0 bridgehead atoms. The third-order valence-corrected chi connectivity index (χ3v) is 4.16. The highest BCUT2D eigenvalue weighted by molar-refractivity contribution is 6.33. The third-order valence-electron chi connectivity index (χ3n) is 3.86. The summed E-state index contributed by atoms with van der Waals surface area (Å²) in [7, 11) is 0.